The second-order valence-corrected chi connectivity index (χ2v) is 8.57. The summed E-state index contributed by atoms with van der Waals surface area (Å²) in [6.45, 7) is 0.116. The molecular weight excluding hydrogens is 400 g/mol. The number of pyridine rings is 1. The highest BCUT2D eigenvalue weighted by Crippen LogP contribution is 2.33. The standard InChI is InChI=1S/C22H26N4O3S/c1-23-21(28)18-11-16(9-10-24-18)29-15-7-8-17-20(12-15)30-22(25-17)26-19(13-27)14-5-3-2-4-6-14/h7-12,14,19,27H,2-6,13H2,1H3,(H,23,28)(H,25,26). The highest BCUT2D eigenvalue weighted by Gasteiger charge is 2.24. The third-order valence-corrected chi connectivity index (χ3v) is 6.46. The van der Waals surface area contributed by atoms with Gasteiger partial charge in [-0.25, -0.2) is 4.98 Å². The van der Waals surface area contributed by atoms with Crippen LogP contribution >= 0.6 is 11.3 Å². The first-order valence-electron chi connectivity index (χ1n) is 10.3. The van der Waals surface area contributed by atoms with E-state index < -0.39 is 0 Å². The van der Waals surface area contributed by atoms with Gasteiger partial charge in [0.25, 0.3) is 5.91 Å². The Morgan fingerprint density at radius 1 is 1.23 bits per heavy atom. The topological polar surface area (TPSA) is 96.4 Å². The van der Waals surface area contributed by atoms with Gasteiger partial charge in [-0.15, -0.1) is 0 Å². The maximum atomic E-state index is 11.8. The summed E-state index contributed by atoms with van der Waals surface area (Å²) >= 11 is 1.55. The van der Waals surface area contributed by atoms with Gasteiger partial charge in [0, 0.05) is 25.4 Å². The monoisotopic (exact) mass is 426 g/mol. The Labute approximate surface area is 179 Å². The molecule has 1 aliphatic carbocycles. The highest BCUT2D eigenvalue weighted by molar-refractivity contribution is 7.22. The average Bonchev–Trinajstić information content (AvgIpc) is 3.19. The second kappa shape index (κ2) is 9.40. The molecule has 1 amide bonds. The largest absolute Gasteiger partial charge is 0.457 e. The molecule has 3 N–H and O–H groups in total. The fraction of sp³-hybridized carbons (Fsp3) is 0.409. The van der Waals surface area contributed by atoms with Crippen molar-refractivity contribution in [1.29, 1.82) is 0 Å². The summed E-state index contributed by atoms with van der Waals surface area (Å²) in [5, 5.41) is 16.7. The molecule has 0 radical (unpaired) electrons. The lowest BCUT2D eigenvalue weighted by Crippen LogP contribution is -2.33. The zero-order chi connectivity index (χ0) is 20.9. The number of benzene rings is 1. The van der Waals surface area contributed by atoms with Gasteiger partial charge in [-0.05, 0) is 37.0 Å². The number of rotatable bonds is 7. The molecule has 7 nitrogen and oxygen atoms in total. The molecule has 30 heavy (non-hydrogen) atoms. The number of fused-ring (bicyclic) bond motifs is 1. The lowest BCUT2D eigenvalue weighted by molar-refractivity contribution is 0.0958. The molecule has 2 heterocycles. The molecule has 1 atom stereocenters. The van der Waals surface area contributed by atoms with Crippen LogP contribution < -0.4 is 15.4 Å². The van der Waals surface area contributed by atoms with E-state index in [0.717, 1.165) is 28.2 Å². The summed E-state index contributed by atoms with van der Waals surface area (Å²) in [5.41, 5.74) is 1.19. The quantitative estimate of drug-likeness (QED) is 0.524. The number of thiazole rings is 1. The number of nitrogens with zero attached hydrogens (tertiary/aromatic N) is 2. The Bertz CT molecular complexity index is 1020. The van der Waals surface area contributed by atoms with Crippen molar-refractivity contribution in [2.45, 2.75) is 38.1 Å². The molecule has 1 fully saturated rings. The van der Waals surface area contributed by atoms with Crippen LogP contribution in [0.4, 0.5) is 5.13 Å². The van der Waals surface area contributed by atoms with E-state index in [4.69, 9.17) is 4.74 Å². The Hall–Kier alpha value is -2.71. The van der Waals surface area contributed by atoms with Crippen molar-refractivity contribution in [2.75, 3.05) is 19.0 Å². The van der Waals surface area contributed by atoms with E-state index in [2.05, 4.69) is 20.6 Å². The van der Waals surface area contributed by atoms with Gasteiger partial charge in [0.2, 0.25) is 0 Å². The molecule has 1 saturated carbocycles. The third kappa shape index (κ3) is 4.71. The van der Waals surface area contributed by atoms with Crippen LogP contribution in [0.3, 0.4) is 0 Å². The summed E-state index contributed by atoms with van der Waals surface area (Å²) in [5.74, 6) is 1.45. The number of hydrogen-bond donors (Lipinski definition) is 3. The number of ether oxygens (including phenoxy) is 1. The molecule has 4 rings (SSSR count). The number of carbonyl (C=O) groups is 1. The van der Waals surface area contributed by atoms with E-state index in [1.807, 2.05) is 18.2 Å². The van der Waals surface area contributed by atoms with Crippen molar-refractivity contribution in [3.8, 4) is 11.5 Å². The van der Waals surface area contributed by atoms with Crippen molar-refractivity contribution in [2.24, 2.45) is 5.92 Å². The van der Waals surface area contributed by atoms with Crippen molar-refractivity contribution in [3.63, 3.8) is 0 Å². The highest BCUT2D eigenvalue weighted by atomic mass is 32.1. The zero-order valence-corrected chi connectivity index (χ0v) is 17.7. The van der Waals surface area contributed by atoms with Crippen LogP contribution in [-0.4, -0.2) is 40.7 Å². The van der Waals surface area contributed by atoms with Gasteiger partial charge in [-0.1, -0.05) is 30.6 Å². The van der Waals surface area contributed by atoms with Gasteiger partial charge in [-0.2, -0.15) is 0 Å². The smallest absolute Gasteiger partial charge is 0.269 e. The lowest BCUT2D eigenvalue weighted by atomic mass is 9.84. The Morgan fingerprint density at radius 2 is 2.03 bits per heavy atom. The van der Waals surface area contributed by atoms with Crippen LogP contribution in [0.1, 0.15) is 42.6 Å². The SMILES string of the molecule is CNC(=O)c1cc(Oc2ccc3nc(NC(CO)C4CCCCC4)sc3c2)ccn1. The summed E-state index contributed by atoms with van der Waals surface area (Å²) in [6, 6.07) is 9.08. The van der Waals surface area contributed by atoms with Crippen molar-refractivity contribution >= 4 is 32.6 Å². The van der Waals surface area contributed by atoms with E-state index in [1.54, 1.807) is 36.7 Å². The number of aliphatic hydroxyl groups is 1. The Kier molecular flexibility index (Phi) is 6.44. The fourth-order valence-electron chi connectivity index (χ4n) is 3.90. The maximum absolute atomic E-state index is 11.8. The Morgan fingerprint density at radius 3 is 2.80 bits per heavy atom. The summed E-state index contributed by atoms with van der Waals surface area (Å²) < 4.78 is 6.92. The molecule has 3 aromatic rings. The zero-order valence-electron chi connectivity index (χ0n) is 16.9. The first-order chi connectivity index (χ1) is 14.7. The summed E-state index contributed by atoms with van der Waals surface area (Å²) in [4.78, 5) is 20.5. The molecule has 1 unspecified atom stereocenters. The van der Waals surface area contributed by atoms with E-state index in [9.17, 15) is 9.90 Å². The molecule has 158 valence electrons. The lowest BCUT2D eigenvalue weighted by Gasteiger charge is -2.29. The minimum atomic E-state index is -0.259. The van der Waals surface area contributed by atoms with Gasteiger partial charge in [-0.3, -0.25) is 9.78 Å². The number of amides is 1. The number of nitrogens with one attached hydrogen (secondary N) is 2. The molecule has 2 aromatic heterocycles. The number of anilines is 1. The molecule has 8 heteroatoms. The third-order valence-electron chi connectivity index (χ3n) is 5.51. The first kappa shape index (κ1) is 20.6. The van der Waals surface area contributed by atoms with Gasteiger partial charge < -0.3 is 20.5 Å². The van der Waals surface area contributed by atoms with Crippen LogP contribution in [0.5, 0.6) is 11.5 Å². The van der Waals surface area contributed by atoms with E-state index in [-0.39, 0.29) is 18.6 Å². The normalized spacial score (nSPS) is 15.7. The molecule has 0 spiro atoms. The molecule has 0 aliphatic heterocycles. The van der Waals surface area contributed by atoms with Crippen molar-refractivity contribution in [3.05, 3.63) is 42.2 Å². The number of aromatic nitrogens is 2. The minimum absolute atomic E-state index is 0.0431. The van der Waals surface area contributed by atoms with Gasteiger partial charge >= 0.3 is 0 Å². The van der Waals surface area contributed by atoms with Gasteiger partial charge in [0.05, 0.1) is 22.9 Å². The molecule has 0 bridgehead atoms. The van der Waals surface area contributed by atoms with Crippen LogP contribution in [0, 0.1) is 5.92 Å². The molecular formula is C22H26N4O3S. The van der Waals surface area contributed by atoms with Crippen molar-refractivity contribution in [1.82, 2.24) is 15.3 Å². The molecule has 0 saturated heterocycles. The van der Waals surface area contributed by atoms with Crippen LogP contribution in [0.25, 0.3) is 10.2 Å². The average molecular weight is 427 g/mol. The van der Waals surface area contributed by atoms with Crippen LogP contribution in [-0.2, 0) is 0 Å². The number of carbonyl (C=O) groups excluding carboxylic acids is 1. The molecule has 1 aliphatic rings. The van der Waals surface area contributed by atoms with Crippen LogP contribution in [0.15, 0.2) is 36.5 Å². The summed E-state index contributed by atoms with van der Waals surface area (Å²) in [7, 11) is 1.57. The predicted octanol–water partition coefficient (Wildman–Crippen LogP) is 4.20. The van der Waals surface area contributed by atoms with Gasteiger partial charge in [0.15, 0.2) is 5.13 Å². The first-order valence-corrected chi connectivity index (χ1v) is 11.1. The van der Waals surface area contributed by atoms with Crippen molar-refractivity contribution < 1.29 is 14.6 Å². The second-order valence-electron chi connectivity index (χ2n) is 7.54. The van der Waals surface area contributed by atoms with E-state index in [0.29, 0.717) is 23.1 Å². The van der Waals surface area contributed by atoms with Gasteiger partial charge in [0.1, 0.15) is 17.2 Å². The summed E-state index contributed by atoms with van der Waals surface area (Å²) in [6.07, 6.45) is 7.63. The fourth-order valence-corrected chi connectivity index (χ4v) is 4.86. The minimum Gasteiger partial charge on any atom is -0.457 e. The number of hydrogen-bond acceptors (Lipinski definition) is 7. The Balaban J connectivity index is 1.49. The molecule has 1 aromatic carbocycles. The number of aliphatic hydroxyl groups excluding tert-OH is 1. The van der Waals surface area contributed by atoms with E-state index in [1.165, 1.54) is 19.3 Å². The maximum Gasteiger partial charge on any atom is 0.269 e. The predicted molar refractivity (Wildman–Crippen MR) is 118 cm³/mol. The van der Waals surface area contributed by atoms with E-state index >= 15 is 0 Å². The van der Waals surface area contributed by atoms with Crippen LogP contribution in [0.2, 0.25) is 0 Å².